The van der Waals surface area contributed by atoms with Crippen LogP contribution in [0.15, 0.2) is 54.6 Å². The van der Waals surface area contributed by atoms with Gasteiger partial charge in [0.2, 0.25) is 5.91 Å². The maximum atomic E-state index is 13.9. The van der Waals surface area contributed by atoms with Crippen LogP contribution < -0.4 is 10.1 Å². The van der Waals surface area contributed by atoms with Crippen molar-refractivity contribution in [2.45, 2.75) is 78.5 Å². The van der Waals surface area contributed by atoms with Gasteiger partial charge in [0.1, 0.15) is 17.4 Å². The van der Waals surface area contributed by atoms with Gasteiger partial charge in [0, 0.05) is 26.2 Å². The average molecular weight is 501 g/mol. The Morgan fingerprint density at radius 2 is 1.53 bits per heavy atom. The zero-order valence-electron chi connectivity index (χ0n) is 22.2. The smallest absolute Gasteiger partial charge is 0.405 e. The van der Waals surface area contributed by atoms with Crippen LogP contribution in [0.5, 0.6) is 5.75 Å². The third-order valence-corrected chi connectivity index (χ3v) is 5.41. The first-order valence-corrected chi connectivity index (χ1v) is 12.4. The lowest BCUT2D eigenvalue weighted by molar-refractivity contribution is -0.179. The molecule has 0 heterocycles. The molecule has 0 saturated heterocycles. The topological polar surface area (TPSA) is 97.3 Å². The molecule has 0 saturated carbocycles. The van der Waals surface area contributed by atoms with E-state index in [4.69, 9.17) is 14.2 Å². The molecule has 36 heavy (non-hydrogen) atoms. The predicted octanol–water partition coefficient (Wildman–Crippen LogP) is 4.86. The summed E-state index contributed by atoms with van der Waals surface area (Å²) in [6, 6.07) is 15.5. The normalized spacial score (nSPS) is 13.2. The summed E-state index contributed by atoms with van der Waals surface area (Å²) in [5, 5.41) is 11.9. The minimum Gasteiger partial charge on any atom is -0.488 e. The van der Waals surface area contributed by atoms with E-state index in [9.17, 15) is 14.7 Å². The molecule has 2 unspecified atom stereocenters. The molecule has 0 bridgehead atoms. The third kappa shape index (κ3) is 9.51. The maximum absolute atomic E-state index is 13.9. The molecule has 2 amide bonds. The molecule has 0 aliphatic carbocycles. The minimum atomic E-state index is -1.26. The second kappa shape index (κ2) is 13.8. The minimum absolute atomic E-state index is 0.187. The largest absolute Gasteiger partial charge is 0.488 e. The molecule has 0 aliphatic rings. The van der Waals surface area contributed by atoms with E-state index in [-0.39, 0.29) is 24.5 Å². The number of nitrogens with one attached hydrogen (secondary N) is 1. The molecule has 0 spiro atoms. The number of rotatable bonds is 13. The number of carbonyl (C=O) groups is 2. The molecule has 0 radical (unpaired) electrons. The first-order valence-electron chi connectivity index (χ1n) is 12.4. The fourth-order valence-electron chi connectivity index (χ4n) is 3.84. The van der Waals surface area contributed by atoms with Gasteiger partial charge >= 0.3 is 6.09 Å². The lowest BCUT2D eigenvalue weighted by Crippen LogP contribution is -2.55. The highest BCUT2D eigenvalue weighted by atomic mass is 16.7. The molecule has 2 atom stereocenters. The van der Waals surface area contributed by atoms with Gasteiger partial charge in [0.25, 0.3) is 0 Å². The predicted molar refractivity (Wildman–Crippen MR) is 139 cm³/mol. The summed E-state index contributed by atoms with van der Waals surface area (Å²) in [7, 11) is 0. The number of hydrogen-bond donors (Lipinski definition) is 2. The zero-order valence-corrected chi connectivity index (χ0v) is 22.2. The SMILES string of the molecule is CCOC(OCC)C(C)N(Cc1ccccc1)C(=O)C(Cc1ccc(OC(C)(C)C)cc1)NC(=O)O. The van der Waals surface area contributed by atoms with Crippen LogP contribution >= 0.6 is 0 Å². The van der Waals surface area contributed by atoms with E-state index in [2.05, 4.69) is 5.32 Å². The van der Waals surface area contributed by atoms with Crippen molar-refractivity contribution in [2.24, 2.45) is 0 Å². The highest BCUT2D eigenvalue weighted by Crippen LogP contribution is 2.21. The quantitative estimate of drug-likeness (QED) is 0.381. The van der Waals surface area contributed by atoms with Crippen molar-refractivity contribution in [1.82, 2.24) is 10.2 Å². The molecular weight excluding hydrogens is 460 g/mol. The molecule has 2 aromatic rings. The first kappa shape index (κ1) is 29.1. The van der Waals surface area contributed by atoms with Gasteiger partial charge in [-0.2, -0.15) is 0 Å². The molecular formula is C28H40N2O6. The van der Waals surface area contributed by atoms with Gasteiger partial charge in [-0.15, -0.1) is 0 Å². The molecule has 2 N–H and O–H groups in total. The number of hydrogen-bond acceptors (Lipinski definition) is 5. The maximum Gasteiger partial charge on any atom is 0.405 e. The van der Waals surface area contributed by atoms with E-state index in [1.807, 2.05) is 96.1 Å². The van der Waals surface area contributed by atoms with Crippen LogP contribution in [0.25, 0.3) is 0 Å². The van der Waals surface area contributed by atoms with Gasteiger partial charge in [-0.1, -0.05) is 42.5 Å². The highest BCUT2D eigenvalue weighted by molar-refractivity contribution is 5.86. The summed E-state index contributed by atoms with van der Waals surface area (Å²) >= 11 is 0. The first-order chi connectivity index (χ1) is 17.0. The Balaban J connectivity index is 2.33. The molecule has 0 fully saturated rings. The van der Waals surface area contributed by atoms with Gasteiger partial charge in [0.05, 0.1) is 6.04 Å². The molecule has 2 rings (SSSR count). The third-order valence-electron chi connectivity index (χ3n) is 5.41. The molecule has 8 nitrogen and oxygen atoms in total. The Morgan fingerprint density at radius 1 is 0.944 bits per heavy atom. The number of amides is 2. The van der Waals surface area contributed by atoms with E-state index < -0.39 is 24.5 Å². The van der Waals surface area contributed by atoms with Crippen LogP contribution in [-0.2, 0) is 27.2 Å². The summed E-state index contributed by atoms with van der Waals surface area (Å²) in [5.74, 6) is 0.351. The number of nitrogens with zero attached hydrogens (tertiary/aromatic N) is 1. The highest BCUT2D eigenvalue weighted by Gasteiger charge is 2.33. The van der Waals surface area contributed by atoms with Gasteiger partial charge in [-0.05, 0) is 64.8 Å². The van der Waals surface area contributed by atoms with Gasteiger partial charge in [-0.3, -0.25) is 4.79 Å². The van der Waals surface area contributed by atoms with Crippen molar-refractivity contribution in [3.63, 3.8) is 0 Å². The van der Waals surface area contributed by atoms with Gasteiger partial charge < -0.3 is 29.5 Å². The number of ether oxygens (including phenoxy) is 3. The van der Waals surface area contributed by atoms with Crippen molar-refractivity contribution in [3.05, 3.63) is 65.7 Å². The average Bonchev–Trinajstić information content (AvgIpc) is 2.82. The Labute approximate surface area is 214 Å². The van der Waals surface area contributed by atoms with Crippen molar-refractivity contribution in [3.8, 4) is 5.75 Å². The van der Waals surface area contributed by atoms with Crippen molar-refractivity contribution in [1.29, 1.82) is 0 Å². The fourth-order valence-corrected chi connectivity index (χ4v) is 3.84. The van der Waals surface area contributed by atoms with E-state index >= 15 is 0 Å². The number of benzene rings is 2. The van der Waals surface area contributed by atoms with Crippen molar-refractivity contribution in [2.75, 3.05) is 13.2 Å². The van der Waals surface area contributed by atoms with Gasteiger partial charge in [0.15, 0.2) is 6.29 Å². The monoisotopic (exact) mass is 500 g/mol. The summed E-state index contributed by atoms with van der Waals surface area (Å²) in [6.07, 6.45) is -1.72. The Bertz CT molecular complexity index is 937. The fraction of sp³-hybridized carbons (Fsp3) is 0.500. The van der Waals surface area contributed by atoms with Crippen LogP contribution in [0.3, 0.4) is 0 Å². The molecule has 0 aromatic heterocycles. The van der Waals surface area contributed by atoms with Crippen LogP contribution in [-0.4, -0.2) is 59.2 Å². The lowest BCUT2D eigenvalue weighted by Gasteiger charge is -2.36. The summed E-state index contributed by atoms with van der Waals surface area (Å²) in [6.45, 7) is 12.6. The van der Waals surface area contributed by atoms with Crippen molar-refractivity contribution < 1.29 is 28.9 Å². The summed E-state index contributed by atoms with van der Waals surface area (Å²) in [5.41, 5.74) is 1.39. The summed E-state index contributed by atoms with van der Waals surface area (Å²) < 4.78 is 17.4. The molecule has 8 heteroatoms. The molecule has 2 aromatic carbocycles. The van der Waals surface area contributed by atoms with E-state index in [1.54, 1.807) is 4.90 Å². The van der Waals surface area contributed by atoms with E-state index in [1.165, 1.54) is 0 Å². The Kier molecular flexibility index (Phi) is 11.2. The van der Waals surface area contributed by atoms with Gasteiger partial charge in [-0.25, -0.2) is 4.79 Å². The lowest BCUT2D eigenvalue weighted by atomic mass is 10.0. The number of carboxylic acid groups (broad SMARTS) is 1. The second-order valence-electron chi connectivity index (χ2n) is 9.54. The van der Waals surface area contributed by atoms with E-state index in [0.717, 1.165) is 11.1 Å². The standard InChI is InChI=1S/C28H40N2O6/c1-7-34-26(35-8-2)20(3)30(19-22-12-10-9-11-13-22)25(31)24(29-27(32)33)18-21-14-16-23(17-15-21)36-28(4,5)6/h9-17,20,24,26,29H,7-8,18-19H2,1-6H3,(H,32,33). The van der Waals surface area contributed by atoms with E-state index in [0.29, 0.717) is 19.0 Å². The van der Waals surface area contributed by atoms with Crippen LogP contribution in [0, 0.1) is 0 Å². The summed E-state index contributed by atoms with van der Waals surface area (Å²) in [4.78, 5) is 27.1. The zero-order chi connectivity index (χ0) is 26.7. The van der Waals surface area contributed by atoms with Crippen molar-refractivity contribution >= 4 is 12.0 Å². The van der Waals surface area contributed by atoms with Crippen LogP contribution in [0.2, 0.25) is 0 Å². The van der Waals surface area contributed by atoms with Crippen LogP contribution in [0.1, 0.15) is 52.7 Å². The Hall–Kier alpha value is -3.10. The Morgan fingerprint density at radius 3 is 2.03 bits per heavy atom. The number of carbonyl (C=O) groups excluding carboxylic acids is 1. The van der Waals surface area contributed by atoms with Crippen LogP contribution in [0.4, 0.5) is 4.79 Å². The second-order valence-corrected chi connectivity index (χ2v) is 9.54. The molecule has 0 aliphatic heterocycles. The molecule has 198 valence electrons.